The van der Waals surface area contributed by atoms with Crippen molar-refractivity contribution in [2.75, 3.05) is 9.03 Å². The summed E-state index contributed by atoms with van der Waals surface area (Å²) in [5, 5.41) is 0. The number of nitrogens with one attached hydrogen (secondary N) is 1. The number of fused-ring (bicyclic) bond motifs is 1. The van der Waals surface area contributed by atoms with Gasteiger partial charge in [0, 0.05) is 0 Å². The van der Waals surface area contributed by atoms with Crippen molar-refractivity contribution in [3.8, 4) is 0 Å². The molecule has 6 heteroatoms. The molecule has 0 atom stereocenters. The van der Waals surface area contributed by atoms with E-state index in [0.29, 0.717) is 11.4 Å². The number of rotatable bonds is 1. The van der Waals surface area contributed by atoms with Crippen molar-refractivity contribution < 1.29 is 12.8 Å². The van der Waals surface area contributed by atoms with Crippen molar-refractivity contribution in [2.24, 2.45) is 0 Å². The van der Waals surface area contributed by atoms with E-state index in [1.165, 1.54) is 18.2 Å². The molecular formula is C12H9FN2O2S. The van der Waals surface area contributed by atoms with Gasteiger partial charge < -0.3 is 0 Å². The van der Waals surface area contributed by atoms with Gasteiger partial charge in [-0.1, -0.05) is 18.2 Å². The number of halogens is 1. The van der Waals surface area contributed by atoms with Crippen molar-refractivity contribution in [1.82, 2.24) is 0 Å². The Labute approximate surface area is 104 Å². The summed E-state index contributed by atoms with van der Waals surface area (Å²) in [7, 11) is -3.70. The van der Waals surface area contributed by atoms with E-state index in [0.717, 1.165) is 4.31 Å². The highest BCUT2D eigenvalue weighted by Crippen LogP contribution is 2.40. The van der Waals surface area contributed by atoms with Gasteiger partial charge in [-0.15, -0.1) is 0 Å². The molecule has 92 valence electrons. The molecule has 4 nitrogen and oxygen atoms in total. The molecule has 1 heterocycles. The molecule has 0 saturated heterocycles. The molecule has 0 spiro atoms. The second kappa shape index (κ2) is 3.71. The molecule has 2 aromatic carbocycles. The largest absolute Gasteiger partial charge is 0.328 e. The molecule has 0 unspecified atom stereocenters. The predicted molar refractivity (Wildman–Crippen MR) is 67.5 cm³/mol. The second-order valence-corrected chi connectivity index (χ2v) is 5.39. The summed E-state index contributed by atoms with van der Waals surface area (Å²) in [6.07, 6.45) is 0. The monoisotopic (exact) mass is 264 g/mol. The molecule has 0 aliphatic carbocycles. The van der Waals surface area contributed by atoms with Gasteiger partial charge in [0.15, 0.2) is 0 Å². The number of hydrogen-bond donors (Lipinski definition) is 1. The number of nitrogens with zero attached hydrogens (tertiary/aromatic N) is 1. The maximum atomic E-state index is 13.2. The standard InChI is InChI=1S/C12H9FN2O2S/c13-9-4-3-5-10(8-9)15-12-7-2-1-6-11(12)14-18(15,16)17/h1-8,14H. The lowest BCUT2D eigenvalue weighted by Gasteiger charge is -2.16. The highest BCUT2D eigenvalue weighted by atomic mass is 32.2. The quantitative estimate of drug-likeness (QED) is 0.860. The Morgan fingerprint density at radius 2 is 1.83 bits per heavy atom. The average molecular weight is 264 g/mol. The van der Waals surface area contributed by atoms with E-state index in [1.54, 1.807) is 30.3 Å². The highest BCUT2D eigenvalue weighted by molar-refractivity contribution is 7.95. The fraction of sp³-hybridized carbons (Fsp3) is 0. The van der Waals surface area contributed by atoms with Gasteiger partial charge in [0.2, 0.25) is 0 Å². The first-order valence-electron chi connectivity index (χ1n) is 5.25. The smallest absolute Gasteiger partial charge is 0.264 e. The summed E-state index contributed by atoms with van der Waals surface area (Å²) in [5.41, 5.74) is 1.25. The minimum absolute atomic E-state index is 0.271. The summed E-state index contributed by atoms with van der Waals surface area (Å²) in [6.45, 7) is 0. The average Bonchev–Trinajstić information content (AvgIpc) is 2.58. The van der Waals surface area contributed by atoms with Crippen molar-refractivity contribution in [1.29, 1.82) is 0 Å². The Morgan fingerprint density at radius 1 is 1.06 bits per heavy atom. The number of benzene rings is 2. The van der Waals surface area contributed by atoms with Gasteiger partial charge in [-0.3, -0.25) is 4.72 Å². The molecule has 0 amide bonds. The normalized spacial score (nSPS) is 16.2. The van der Waals surface area contributed by atoms with Crippen molar-refractivity contribution in [3.63, 3.8) is 0 Å². The van der Waals surface area contributed by atoms with E-state index < -0.39 is 16.0 Å². The summed E-state index contributed by atoms with van der Waals surface area (Å²) in [6, 6.07) is 12.3. The Kier molecular flexibility index (Phi) is 2.27. The van der Waals surface area contributed by atoms with Crippen LogP contribution in [0.15, 0.2) is 48.5 Å². The van der Waals surface area contributed by atoms with Gasteiger partial charge in [-0.05, 0) is 30.3 Å². The van der Waals surface area contributed by atoms with Crippen LogP contribution >= 0.6 is 0 Å². The predicted octanol–water partition coefficient (Wildman–Crippen LogP) is 2.63. The first-order valence-corrected chi connectivity index (χ1v) is 6.70. The van der Waals surface area contributed by atoms with Gasteiger partial charge in [-0.25, -0.2) is 8.70 Å². The van der Waals surface area contributed by atoms with Crippen LogP contribution in [-0.4, -0.2) is 8.42 Å². The van der Waals surface area contributed by atoms with Crippen LogP contribution < -0.4 is 9.03 Å². The summed E-state index contributed by atoms with van der Waals surface area (Å²) in [5.74, 6) is -0.480. The van der Waals surface area contributed by atoms with Crippen LogP contribution in [0.1, 0.15) is 0 Å². The van der Waals surface area contributed by atoms with Gasteiger partial charge in [0.1, 0.15) is 5.82 Å². The Hall–Kier alpha value is -2.08. The molecule has 0 bridgehead atoms. The maximum Gasteiger partial charge on any atom is 0.328 e. The topological polar surface area (TPSA) is 49.4 Å². The number of hydrogen-bond acceptors (Lipinski definition) is 2. The second-order valence-electron chi connectivity index (χ2n) is 3.87. The first kappa shape index (κ1) is 11.0. The fourth-order valence-corrected chi connectivity index (χ4v) is 3.28. The lowest BCUT2D eigenvalue weighted by molar-refractivity contribution is 0.602. The van der Waals surface area contributed by atoms with Gasteiger partial charge in [0.25, 0.3) is 0 Å². The van der Waals surface area contributed by atoms with Gasteiger partial charge in [0.05, 0.1) is 17.1 Å². The molecule has 0 fully saturated rings. The lowest BCUT2D eigenvalue weighted by Crippen LogP contribution is -2.25. The third-order valence-corrected chi connectivity index (χ3v) is 4.01. The lowest BCUT2D eigenvalue weighted by atomic mass is 10.2. The molecular weight excluding hydrogens is 255 g/mol. The molecule has 3 rings (SSSR count). The zero-order valence-electron chi connectivity index (χ0n) is 9.17. The zero-order chi connectivity index (χ0) is 12.8. The van der Waals surface area contributed by atoms with E-state index in [-0.39, 0.29) is 5.69 Å². The number of para-hydroxylation sites is 2. The zero-order valence-corrected chi connectivity index (χ0v) is 9.99. The van der Waals surface area contributed by atoms with Crippen LogP contribution in [0.2, 0.25) is 0 Å². The summed E-state index contributed by atoms with van der Waals surface area (Å²) >= 11 is 0. The third kappa shape index (κ3) is 1.62. The van der Waals surface area contributed by atoms with E-state index >= 15 is 0 Å². The van der Waals surface area contributed by atoms with Crippen LogP contribution in [0, 0.1) is 5.82 Å². The Balaban J connectivity index is 2.22. The molecule has 0 aromatic heterocycles. The van der Waals surface area contributed by atoms with Crippen molar-refractivity contribution in [3.05, 3.63) is 54.3 Å². The van der Waals surface area contributed by atoms with Crippen LogP contribution in [0.4, 0.5) is 21.5 Å². The fourth-order valence-electron chi connectivity index (χ4n) is 1.93. The summed E-state index contributed by atoms with van der Waals surface area (Å²) < 4.78 is 40.8. The van der Waals surface area contributed by atoms with Crippen molar-refractivity contribution >= 4 is 27.3 Å². The molecule has 0 saturated carbocycles. The van der Waals surface area contributed by atoms with E-state index in [2.05, 4.69) is 4.72 Å². The molecule has 1 N–H and O–H groups in total. The molecule has 1 aliphatic rings. The van der Waals surface area contributed by atoms with Crippen LogP contribution in [0.3, 0.4) is 0 Å². The molecule has 2 aromatic rings. The minimum atomic E-state index is -3.70. The van der Waals surface area contributed by atoms with Crippen LogP contribution in [-0.2, 0) is 10.2 Å². The van der Waals surface area contributed by atoms with Crippen LogP contribution in [0.25, 0.3) is 0 Å². The Bertz CT molecular complexity index is 716. The van der Waals surface area contributed by atoms with E-state index in [4.69, 9.17) is 0 Å². The third-order valence-electron chi connectivity index (χ3n) is 2.64. The summed E-state index contributed by atoms with van der Waals surface area (Å²) in [4.78, 5) is 0. The van der Waals surface area contributed by atoms with E-state index in [1.807, 2.05) is 0 Å². The first-order chi connectivity index (χ1) is 8.58. The van der Waals surface area contributed by atoms with Crippen LogP contribution in [0.5, 0.6) is 0 Å². The molecule has 1 aliphatic heterocycles. The van der Waals surface area contributed by atoms with E-state index in [9.17, 15) is 12.8 Å². The SMILES string of the molecule is O=S1(=O)Nc2ccccc2N1c1cccc(F)c1. The maximum absolute atomic E-state index is 13.2. The molecule has 0 radical (unpaired) electrons. The van der Waals surface area contributed by atoms with Gasteiger partial charge in [-0.2, -0.15) is 8.42 Å². The highest BCUT2D eigenvalue weighted by Gasteiger charge is 2.33. The number of anilines is 3. The molecule has 18 heavy (non-hydrogen) atoms. The van der Waals surface area contributed by atoms with Crippen molar-refractivity contribution in [2.45, 2.75) is 0 Å². The van der Waals surface area contributed by atoms with Gasteiger partial charge >= 0.3 is 10.2 Å². The minimum Gasteiger partial charge on any atom is -0.264 e. The Morgan fingerprint density at radius 3 is 2.61 bits per heavy atom.